The number of fused-ring (bicyclic) bond motifs is 8. The summed E-state index contributed by atoms with van der Waals surface area (Å²) in [5.74, 6) is 1.75. The molecule has 0 bridgehead atoms. The van der Waals surface area contributed by atoms with Crippen molar-refractivity contribution in [3.8, 4) is 39.1 Å². The lowest BCUT2D eigenvalue weighted by atomic mass is 9.28. The molecule has 93 heavy (non-hydrogen) atoms. The first-order chi connectivity index (χ1) is 46.1. The lowest BCUT2D eigenvalue weighted by Crippen LogP contribution is -2.65. The third-order valence-corrected chi connectivity index (χ3v) is 20.9. The van der Waals surface area contributed by atoms with Crippen molar-refractivity contribution in [1.82, 2.24) is 0 Å². The number of hydrogen-bond acceptors (Lipinski definition) is 6. The van der Waals surface area contributed by atoms with Gasteiger partial charge in [-0.05, 0) is 154 Å². The average molecular weight is 1210 g/mol. The van der Waals surface area contributed by atoms with E-state index in [2.05, 4.69) is 354 Å². The molecule has 0 fully saturated rings. The van der Waals surface area contributed by atoms with Crippen LogP contribution in [0, 0.1) is 6.92 Å². The molecule has 18 rings (SSSR count). The van der Waals surface area contributed by atoms with Crippen molar-refractivity contribution < 1.29 is 4.74 Å². The lowest BCUT2D eigenvalue weighted by molar-refractivity contribution is 0.385. The molecule has 6 aliphatic rings. The molecule has 0 N–H and O–H groups in total. The van der Waals surface area contributed by atoms with E-state index >= 15 is 0 Å². The van der Waals surface area contributed by atoms with E-state index in [4.69, 9.17) is 4.74 Å². The molecule has 5 nitrogen and oxygen atoms in total. The standard InChI is InChI=1S/C85H62B2N4OS/c1-57-25-24-38-70(62-30-12-4-13-31-62)85(57)91-76-56-81-74(86-71-39-20-22-41-75(71)90(65-36-18-7-19-37-65)78-52-69(54-82(93-81)84(78)86)88(63-32-14-5-15-33-63)64-34-16-6-17-35-64)55-73(76)87-72-40-21-23-42-79(72)92-80-53-68(51-77(91)83(80)87)89(66-47-43-60(44-48-66)58-26-8-2-9-27-58)67-49-45-61(46-50-67)59-28-10-3-11-29-59/h2-36,38-56,65,77,83H,37H2,1H3. The molecule has 0 spiro atoms. The molecular formula is C85H62B2N4OS. The zero-order chi connectivity index (χ0) is 61.5. The van der Waals surface area contributed by atoms with Gasteiger partial charge in [-0.1, -0.05) is 259 Å². The Balaban J connectivity index is 0.885. The van der Waals surface area contributed by atoms with Gasteiger partial charge in [0.05, 0.1) is 17.8 Å². The molecule has 12 aromatic rings. The lowest BCUT2D eigenvalue weighted by Gasteiger charge is -2.51. The SMILES string of the molecule is Cc1cccc(-c2ccccc2)c1N1c2cc3c(cc2B2c4ccccc4OC4=CC(N(c5ccc(-c6ccccc6)cc5)c5ccc(-c6ccccc6)cc5)=CC1C24)B1c2ccccc2N(C2C=CC=CC2)c2cc(N(c4ccccc4)c4ccccc4)cc(c21)S3. The van der Waals surface area contributed by atoms with Crippen LogP contribution in [-0.2, 0) is 0 Å². The molecule has 2 aliphatic carbocycles. The molecular weight excluding hydrogens is 1150 g/mol. The summed E-state index contributed by atoms with van der Waals surface area (Å²) in [5, 5.41) is 0. The number of hydrogen-bond donors (Lipinski definition) is 0. The molecule has 8 heteroatoms. The zero-order valence-electron chi connectivity index (χ0n) is 51.4. The van der Waals surface area contributed by atoms with Gasteiger partial charge >= 0.3 is 0 Å². The van der Waals surface area contributed by atoms with Gasteiger partial charge in [0.2, 0.25) is 13.4 Å². The van der Waals surface area contributed by atoms with E-state index in [9.17, 15) is 0 Å². The van der Waals surface area contributed by atoms with Crippen LogP contribution in [0.15, 0.2) is 349 Å². The molecule has 440 valence electrons. The van der Waals surface area contributed by atoms with Crippen molar-refractivity contribution in [2.24, 2.45) is 0 Å². The summed E-state index contributed by atoms with van der Waals surface area (Å²) in [6.07, 6.45) is 15.0. The number of aryl methyl sites for hydroxylation is 1. The number of ether oxygens (including phenoxy) is 1. The number of allylic oxidation sites excluding steroid dienone is 3. The summed E-state index contributed by atoms with van der Waals surface area (Å²) < 4.78 is 7.50. The van der Waals surface area contributed by atoms with Gasteiger partial charge in [0.1, 0.15) is 11.5 Å². The van der Waals surface area contributed by atoms with Gasteiger partial charge in [0, 0.05) is 72.4 Å². The quantitative estimate of drug-likeness (QED) is 0.120. The second kappa shape index (κ2) is 22.8. The van der Waals surface area contributed by atoms with Crippen LogP contribution in [0.2, 0.25) is 5.82 Å². The molecule has 0 aromatic heterocycles. The Morgan fingerprint density at radius 3 is 1.67 bits per heavy atom. The van der Waals surface area contributed by atoms with Gasteiger partial charge in [-0.3, -0.25) is 0 Å². The van der Waals surface area contributed by atoms with Crippen molar-refractivity contribution in [2.45, 2.75) is 41.0 Å². The predicted molar refractivity (Wildman–Crippen MR) is 392 cm³/mol. The largest absolute Gasteiger partial charge is 0.463 e. The fraction of sp³-hybridized carbons (Fsp3) is 0.0588. The van der Waals surface area contributed by atoms with Crippen molar-refractivity contribution >= 4 is 104 Å². The molecule has 0 radical (unpaired) electrons. The highest BCUT2D eigenvalue weighted by molar-refractivity contribution is 8.00. The molecule has 0 saturated heterocycles. The summed E-state index contributed by atoms with van der Waals surface area (Å²) in [6, 6.07) is 107. The smallest absolute Gasteiger partial charge is 0.249 e. The van der Waals surface area contributed by atoms with E-state index in [-0.39, 0.29) is 31.3 Å². The highest BCUT2D eigenvalue weighted by Gasteiger charge is 2.54. The maximum absolute atomic E-state index is 7.50. The van der Waals surface area contributed by atoms with Gasteiger partial charge < -0.3 is 24.3 Å². The van der Waals surface area contributed by atoms with Gasteiger partial charge in [-0.25, -0.2) is 0 Å². The third kappa shape index (κ3) is 9.33. The highest BCUT2D eigenvalue weighted by atomic mass is 32.2. The van der Waals surface area contributed by atoms with Crippen LogP contribution in [0.1, 0.15) is 12.0 Å². The predicted octanol–water partition coefficient (Wildman–Crippen LogP) is 18.3. The van der Waals surface area contributed by atoms with Crippen molar-refractivity contribution in [3.05, 3.63) is 345 Å². The summed E-state index contributed by atoms with van der Waals surface area (Å²) in [6.45, 7) is 2.20. The maximum Gasteiger partial charge on any atom is 0.249 e. The normalized spacial score (nSPS) is 16.7. The summed E-state index contributed by atoms with van der Waals surface area (Å²) in [5.41, 5.74) is 26.2. The average Bonchev–Trinajstić information content (AvgIpc) is 0.697. The van der Waals surface area contributed by atoms with Crippen LogP contribution in [0.4, 0.5) is 51.2 Å². The fourth-order valence-corrected chi connectivity index (χ4v) is 16.9. The Kier molecular flexibility index (Phi) is 13.5. The third-order valence-electron chi connectivity index (χ3n) is 19.8. The van der Waals surface area contributed by atoms with Gasteiger partial charge in [-0.2, -0.15) is 0 Å². The Morgan fingerprint density at radius 2 is 1.02 bits per heavy atom. The first kappa shape index (κ1) is 55.0. The Hall–Kier alpha value is -10.9. The molecule has 3 atom stereocenters. The van der Waals surface area contributed by atoms with Crippen molar-refractivity contribution in [2.75, 3.05) is 19.6 Å². The van der Waals surface area contributed by atoms with Crippen LogP contribution in [-0.4, -0.2) is 25.5 Å². The van der Waals surface area contributed by atoms with E-state index in [1.54, 1.807) is 0 Å². The summed E-state index contributed by atoms with van der Waals surface area (Å²) in [4.78, 5) is 12.8. The molecule has 0 saturated carbocycles. The van der Waals surface area contributed by atoms with E-state index in [1.807, 2.05) is 11.8 Å². The Bertz CT molecular complexity index is 4880. The van der Waals surface area contributed by atoms with Gasteiger partial charge in [0.25, 0.3) is 0 Å². The summed E-state index contributed by atoms with van der Waals surface area (Å²) in [7, 11) is 0. The second-order valence-corrected chi connectivity index (χ2v) is 26.1. The van der Waals surface area contributed by atoms with E-state index in [0.717, 1.165) is 52.1 Å². The molecule has 0 amide bonds. The zero-order valence-corrected chi connectivity index (χ0v) is 52.2. The van der Waals surface area contributed by atoms with Crippen LogP contribution in [0.25, 0.3) is 33.4 Å². The second-order valence-electron chi connectivity index (χ2n) is 25.1. The van der Waals surface area contributed by atoms with Gasteiger partial charge in [-0.15, -0.1) is 0 Å². The summed E-state index contributed by atoms with van der Waals surface area (Å²) >= 11 is 1.94. The van der Waals surface area contributed by atoms with Crippen LogP contribution in [0.3, 0.4) is 0 Å². The Morgan fingerprint density at radius 1 is 0.441 bits per heavy atom. The number of nitrogens with zero attached hydrogens (tertiary/aromatic N) is 4. The van der Waals surface area contributed by atoms with E-state index in [0.29, 0.717) is 0 Å². The molecule has 4 heterocycles. The highest BCUT2D eigenvalue weighted by Crippen LogP contribution is 2.53. The monoisotopic (exact) mass is 1210 g/mol. The van der Waals surface area contributed by atoms with Crippen LogP contribution in [0.5, 0.6) is 5.75 Å². The minimum absolute atomic E-state index is 0.0503. The number of rotatable bonds is 11. The van der Waals surface area contributed by atoms with E-state index in [1.165, 1.54) is 98.8 Å². The minimum atomic E-state index is -0.215. The van der Waals surface area contributed by atoms with E-state index < -0.39 is 0 Å². The van der Waals surface area contributed by atoms with Crippen molar-refractivity contribution in [3.63, 3.8) is 0 Å². The van der Waals surface area contributed by atoms with Gasteiger partial charge in [0.15, 0.2) is 0 Å². The molecule has 4 aliphatic heterocycles. The minimum Gasteiger partial charge on any atom is -0.463 e. The van der Waals surface area contributed by atoms with Crippen LogP contribution >= 0.6 is 11.8 Å². The first-order valence-corrected chi connectivity index (χ1v) is 33.3. The number of para-hydroxylation sites is 5. The number of benzene rings is 12. The molecule has 12 aromatic carbocycles. The van der Waals surface area contributed by atoms with Crippen molar-refractivity contribution in [1.29, 1.82) is 0 Å². The Labute approximate surface area is 549 Å². The number of anilines is 9. The van der Waals surface area contributed by atoms with Crippen LogP contribution < -0.4 is 51.7 Å². The topological polar surface area (TPSA) is 22.2 Å². The first-order valence-electron chi connectivity index (χ1n) is 32.5. The maximum atomic E-state index is 7.50. The fourth-order valence-electron chi connectivity index (χ4n) is 15.7. The molecule has 3 unspecified atom stereocenters.